The van der Waals surface area contributed by atoms with Crippen LogP contribution in [0.5, 0.6) is 0 Å². The number of rotatable bonds is 4. The van der Waals surface area contributed by atoms with Crippen LogP contribution >= 0.6 is 23.2 Å². The first-order chi connectivity index (χ1) is 10.4. The van der Waals surface area contributed by atoms with Gasteiger partial charge in [0.1, 0.15) is 4.33 Å². The van der Waals surface area contributed by atoms with Gasteiger partial charge in [-0.25, -0.2) is 0 Å². The van der Waals surface area contributed by atoms with Crippen LogP contribution in [0.2, 0.25) is 0 Å². The minimum Gasteiger partial charge on any atom is -0.340 e. The average Bonchev–Trinajstić information content (AvgIpc) is 3.06. The maximum Gasteiger partial charge on any atom is 0.231 e. The van der Waals surface area contributed by atoms with Gasteiger partial charge in [0.2, 0.25) is 5.91 Å². The third-order valence-electron chi connectivity index (χ3n) is 4.95. The molecule has 1 amide bonds. The van der Waals surface area contributed by atoms with E-state index in [-0.39, 0.29) is 5.91 Å². The van der Waals surface area contributed by atoms with Crippen molar-refractivity contribution in [1.29, 1.82) is 0 Å². The molecular formula is C17H22Cl2N2O. The van der Waals surface area contributed by atoms with Crippen LogP contribution in [0.1, 0.15) is 18.9 Å². The molecule has 1 saturated carbocycles. The summed E-state index contributed by atoms with van der Waals surface area (Å²) in [6.45, 7) is 6.30. The Labute approximate surface area is 142 Å². The summed E-state index contributed by atoms with van der Waals surface area (Å²) in [7, 11) is 0. The second kappa shape index (κ2) is 6.03. The molecule has 120 valence electrons. The van der Waals surface area contributed by atoms with Crippen LogP contribution < -0.4 is 0 Å². The van der Waals surface area contributed by atoms with E-state index in [2.05, 4.69) is 29.2 Å². The number of halogens is 2. The van der Waals surface area contributed by atoms with Crippen LogP contribution in [-0.2, 0) is 11.2 Å². The van der Waals surface area contributed by atoms with Crippen molar-refractivity contribution in [2.75, 3.05) is 32.7 Å². The zero-order valence-electron chi connectivity index (χ0n) is 12.9. The number of alkyl halides is 2. The largest absolute Gasteiger partial charge is 0.340 e. The maximum atomic E-state index is 12.5. The van der Waals surface area contributed by atoms with Crippen molar-refractivity contribution in [2.24, 2.45) is 5.41 Å². The minimum absolute atomic E-state index is 0.111. The molecule has 3 rings (SSSR count). The Morgan fingerprint density at radius 3 is 2.27 bits per heavy atom. The fourth-order valence-electron chi connectivity index (χ4n) is 3.09. The minimum atomic E-state index is -0.867. The molecule has 1 aliphatic heterocycles. The van der Waals surface area contributed by atoms with Gasteiger partial charge in [0.05, 0.1) is 5.41 Å². The van der Waals surface area contributed by atoms with Crippen LogP contribution in [0.15, 0.2) is 30.3 Å². The molecule has 22 heavy (non-hydrogen) atoms. The number of benzene rings is 1. The van der Waals surface area contributed by atoms with Gasteiger partial charge in [-0.2, -0.15) is 0 Å². The van der Waals surface area contributed by atoms with Gasteiger partial charge in [0.25, 0.3) is 0 Å². The molecule has 5 heteroatoms. The first kappa shape index (κ1) is 16.1. The summed E-state index contributed by atoms with van der Waals surface area (Å²) in [5.74, 6) is 0.111. The number of nitrogens with zero attached hydrogens (tertiary/aromatic N) is 2. The molecule has 1 aromatic rings. The average molecular weight is 341 g/mol. The zero-order valence-corrected chi connectivity index (χ0v) is 14.4. The smallest absolute Gasteiger partial charge is 0.231 e. The molecule has 1 atom stereocenters. The van der Waals surface area contributed by atoms with Gasteiger partial charge in [-0.1, -0.05) is 30.3 Å². The van der Waals surface area contributed by atoms with E-state index in [1.165, 1.54) is 5.56 Å². The highest BCUT2D eigenvalue weighted by Crippen LogP contribution is 2.64. The van der Waals surface area contributed by atoms with Gasteiger partial charge < -0.3 is 4.90 Å². The highest BCUT2D eigenvalue weighted by atomic mass is 35.5. The Morgan fingerprint density at radius 2 is 1.73 bits per heavy atom. The second-order valence-electron chi connectivity index (χ2n) is 6.58. The summed E-state index contributed by atoms with van der Waals surface area (Å²) in [6.07, 6.45) is 1.62. The standard InChI is InChI=1S/C17H22Cl2N2O/c1-16(13-17(16,18)19)15(22)21-11-9-20(10-12-21)8-7-14-5-3-2-4-6-14/h2-6H,7-13H2,1H3. The molecule has 0 bridgehead atoms. The van der Waals surface area contributed by atoms with E-state index in [4.69, 9.17) is 23.2 Å². The monoisotopic (exact) mass is 340 g/mol. The van der Waals surface area contributed by atoms with Crippen LogP contribution in [-0.4, -0.2) is 52.8 Å². The van der Waals surface area contributed by atoms with Crippen molar-refractivity contribution >= 4 is 29.1 Å². The Hall–Kier alpha value is -0.770. The van der Waals surface area contributed by atoms with E-state index in [1.807, 2.05) is 17.9 Å². The number of hydrogen-bond donors (Lipinski definition) is 0. The van der Waals surface area contributed by atoms with E-state index in [9.17, 15) is 4.79 Å². The van der Waals surface area contributed by atoms with Crippen molar-refractivity contribution in [3.05, 3.63) is 35.9 Å². The first-order valence-electron chi connectivity index (χ1n) is 7.86. The fraction of sp³-hybridized carbons (Fsp3) is 0.588. The molecule has 0 aromatic heterocycles. The predicted octanol–water partition coefficient (Wildman–Crippen LogP) is 2.96. The lowest BCUT2D eigenvalue weighted by Gasteiger charge is -2.36. The first-order valence-corrected chi connectivity index (χ1v) is 8.61. The number of carbonyl (C=O) groups excluding carboxylic acids is 1. The van der Waals surface area contributed by atoms with Crippen molar-refractivity contribution in [2.45, 2.75) is 24.1 Å². The summed E-state index contributed by atoms with van der Waals surface area (Å²) >= 11 is 12.2. The number of amides is 1. The zero-order chi connectivity index (χ0) is 15.8. The molecule has 1 saturated heterocycles. The quantitative estimate of drug-likeness (QED) is 0.786. The third-order valence-corrected chi connectivity index (χ3v) is 6.05. The van der Waals surface area contributed by atoms with Crippen molar-refractivity contribution < 1.29 is 4.79 Å². The molecule has 2 aliphatic rings. The Balaban J connectivity index is 1.46. The summed E-state index contributed by atoms with van der Waals surface area (Å²) in [4.78, 5) is 16.9. The molecule has 2 fully saturated rings. The van der Waals surface area contributed by atoms with Crippen LogP contribution in [0.25, 0.3) is 0 Å². The summed E-state index contributed by atoms with van der Waals surface area (Å²) in [5.41, 5.74) is 0.781. The molecule has 1 unspecified atom stereocenters. The lowest BCUT2D eigenvalue weighted by atomic mass is 10.1. The molecule has 1 aromatic carbocycles. The highest BCUT2D eigenvalue weighted by molar-refractivity contribution is 6.53. The molecule has 0 spiro atoms. The van der Waals surface area contributed by atoms with Crippen molar-refractivity contribution in [3.8, 4) is 0 Å². The number of hydrogen-bond acceptors (Lipinski definition) is 2. The summed E-state index contributed by atoms with van der Waals surface area (Å²) in [5, 5.41) is 0. The highest BCUT2D eigenvalue weighted by Gasteiger charge is 2.68. The Kier molecular flexibility index (Phi) is 4.41. The van der Waals surface area contributed by atoms with Gasteiger partial charge in [-0.15, -0.1) is 23.2 Å². The molecule has 0 radical (unpaired) electrons. The third kappa shape index (κ3) is 3.12. The topological polar surface area (TPSA) is 23.6 Å². The van der Waals surface area contributed by atoms with E-state index >= 15 is 0 Å². The van der Waals surface area contributed by atoms with Gasteiger partial charge in [-0.3, -0.25) is 9.69 Å². The van der Waals surface area contributed by atoms with Crippen LogP contribution in [0, 0.1) is 5.41 Å². The maximum absolute atomic E-state index is 12.5. The van der Waals surface area contributed by atoms with E-state index in [1.54, 1.807) is 0 Å². The van der Waals surface area contributed by atoms with Crippen molar-refractivity contribution in [1.82, 2.24) is 9.80 Å². The molecule has 3 nitrogen and oxygen atoms in total. The lowest BCUT2D eigenvalue weighted by Crippen LogP contribution is -2.51. The van der Waals surface area contributed by atoms with Gasteiger partial charge in [0.15, 0.2) is 0 Å². The van der Waals surface area contributed by atoms with E-state index in [0.717, 1.165) is 39.1 Å². The summed E-state index contributed by atoms with van der Waals surface area (Å²) < 4.78 is -0.867. The Morgan fingerprint density at radius 1 is 1.14 bits per heavy atom. The second-order valence-corrected chi connectivity index (χ2v) is 8.07. The van der Waals surface area contributed by atoms with Crippen LogP contribution in [0.3, 0.4) is 0 Å². The Bertz CT molecular complexity index is 541. The predicted molar refractivity (Wildman–Crippen MR) is 90.3 cm³/mol. The van der Waals surface area contributed by atoms with E-state index < -0.39 is 9.75 Å². The molecule has 0 N–H and O–H groups in total. The molecular weight excluding hydrogens is 319 g/mol. The number of piperazine rings is 1. The van der Waals surface area contributed by atoms with Gasteiger partial charge in [-0.05, 0) is 25.3 Å². The van der Waals surface area contributed by atoms with Gasteiger partial charge in [0, 0.05) is 32.7 Å². The number of carbonyl (C=O) groups is 1. The fourth-order valence-corrected chi connectivity index (χ4v) is 3.78. The normalized spacial score (nSPS) is 27.7. The van der Waals surface area contributed by atoms with Crippen molar-refractivity contribution in [3.63, 3.8) is 0 Å². The van der Waals surface area contributed by atoms with Gasteiger partial charge >= 0.3 is 0 Å². The van der Waals surface area contributed by atoms with Crippen LogP contribution in [0.4, 0.5) is 0 Å². The SMILES string of the molecule is CC1(C(=O)N2CCN(CCc3ccccc3)CC2)CC1(Cl)Cl. The van der Waals surface area contributed by atoms with E-state index in [0.29, 0.717) is 6.42 Å². The lowest BCUT2D eigenvalue weighted by molar-refractivity contribution is -0.138. The molecule has 1 heterocycles. The summed E-state index contributed by atoms with van der Waals surface area (Å²) in [6, 6.07) is 10.5. The molecule has 1 aliphatic carbocycles.